The zero-order valence-corrected chi connectivity index (χ0v) is 17.9. The molecule has 1 heterocycles. The van der Waals surface area contributed by atoms with Crippen molar-refractivity contribution in [2.45, 2.75) is 38.3 Å². The molecule has 0 aliphatic heterocycles. The third kappa shape index (κ3) is 4.18. The van der Waals surface area contributed by atoms with Crippen LogP contribution in [0.25, 0.3) is 11.0 Å². The third-order valence-corrected chi connectivity index (χ3v) is 6.46. The Bertz CT molecular complexity index is 1150. The molecule has 2 aromatic carbocycles. The molecule has 0 aliphatic rings. The lowest BCUT2D eigenvalue weighted by Crippen LogP contribution is -2.22. The molecule has 29 heavy (non-hydrogen) atoms. The van der Waals surface area contributed by atoms with E-state index in [9.17, 15) is 13.2 Å². The van der Waals surface area contributed by atoms with Crippen molar-refractivity contribution in [3.8, 4) is 5.75 Å². The lowest BCUT2D eigenvalue weighted by Gasteiger charge is -2.12. The first-order chi connectivity index (χ1) is 13.8. The van der Waals surface area contributed by atoms with Crippen LogP contribution in [0.3, 0.4) is 0 Å². The molecule has 0 saturated carbocycles. The summed E-state index contributed by atoms with van der Waals surface area (Å²) in [4.78, 5) is 16.6. The van der Waals surface area contributed by atoms with E-state index in [2.05, 4.69) is 11.9 Å². The smallest absolute Gasteiger partial charge is 0.242 e. The van der Waals surface area contributed by atoms with Gasteiger partial charge in [-0.1, -0.05) is 19.1 Å². The lowest BCUT2D eigenvalue weighted by atomic mass is 10.1. The van der Waals surface area contributed by atoms with Crippen LogP contribution in [-0.4, -0.2) is 42.2 Å². The molecule has 0 spiro atoms. The third-order valence-electron chi connectivity index (χ3n) is 4.65. The van der Waals surface area contributed by atoms with E-state index in [0.29, 0.717) is 22.7 Å². The normalized spacial score (nSPS) is 11.9. The number of aromatic nitrogens is 2. The first-order valence-electron chi connectivity index (χ1n) is 9.40. The molecule has 8 heteroatoms. The van der Waals surface area contributed by atoms with Gasteiger partial charge in [0.25, 0.3) is 0 Å². The van der Waals surface area contributed by atoms with Gasteiger partial charge in [-0.3, -0.25) is 4.79 Å². The average Bonchev–Trinajstić information content (AvgIpc) is 3.03. The van der Waals surface area contributed by atoms with Crippen molar-refractivity contribution >= 4 is 26.8 Å². The van der Waals surface area contributed by atoms with E-state index in [1.165, 1.54) is 25.3 Å². The van der Waals surface area contributed by atoms with Crippen LogP contribution < -0.4 is 4.74 Å². The Morgan fingerprint density at radius 2 is 1.90 bits per heavy atom. The summed E-state index contributed by atoms with van der Waals surface area (Å²) in [6, 6.07) is 12.1. The highest BCUT2D eigenvalue weighted by atomic mass is 32.2. The van der Waals surface area contributed by atoms with Gasteiger partial charge in [0.05, 0.1) is 21.5 Å². The van der Waals surface area contributed by atoms with Crippen LogP contribution >= 0.6 is 0 Å². The SMILES string of the molecule is CCCn1c(COc2ccccc2C(C)=O)nc2cc(S(=O)(=O)N(C)C)ccc21. The molecular weight excluding hydrogens is 390 g/mol. The minimum absolute atomic E-state index is 0.0683. The minimum atomic E-state index is -3.54. The second-order valence-electron chi connectivity index (χ2n) is 6.96. The molecule has 3 rings (SSSR count). The summed E-state index contributed by atoms with van der Waals surface area (Å²) in [7, 11) is -0.537. The minimum Gasteiger partial charge on any atom is -0.485 e. The number of hydrogen-bond acceptors (Lipinski definition) is 5. The number of ether oxygens (including phenoxy) is 1. The van der Waals surface area contributed by atoms with Crippen molar-refractivity contribution in [2.75, 3.05) is 14.1 Å². The van der Waals surface area contributed by atoms with Crippen LogP contribution in [0.4, 0.5) is 0 Å². The molecule has 0 radical (unpaired) electrons. The number of imidazole rings is 1. The molecule has 0 unspecified atom stereocenters. The highest BCUT2D eigenvalue weighted by Crippen LogP contribution is 2.24. The fraction of sp³-hybridized carbons (Fsp3) is 0.333. The van der Waals surface area contributed by atoms with E-state index < -0.39 is 10.0 Å². The number of nitrogens with zero attached hydrogens (tertiary/aromatic N) is 3. The van der Waals surface area contributed by atoms with E-state index in [4.69, 9.17) is 4.74 Å². The number of sulfonamides is 1. The first-order valence-corrected chi connectivity index (χ1v) is 10.8. The molecule has 0 saturated heterocycles. The highest BCUT2D eigenvalue weighted by molar-refractivity contribution is 7.89. The number of Topliss-reactive ketones (excluding diaryl/α,β-unsaturated/α-hetero) is 1. The Balaban J connectivity index is 1.99. The Kier molecular flexibility index (Phi) is 6.04. The van der Waals surface area contributed by atoms with Crippen LogP contribution in [0, 0.1) is 0 Å². The van der Waals surface area contributed by atoms with Gasteiger partial charge in [-0.05, 0) is 43.7 Å². The number of benzene rings is 2. The Morgan fingerprint density at radius 3 is 2.55 bits per heavy atom. The second kappa shape index (κ2) is 8.34. The lowest BCUT2D eigenvalue weighted by molar-refractivity contribution is 0.101. The first kappa shape index (κ1) is 21.0. The summed E-state index contributed by atoms with van der Waals surface area (Å²) in [5.74, 6) is 1.12. The highest BCUT2D eigenvalue weighted by Gasteiger charge is 2.20. The predicted molar refractivity (Wildman–Crippen MR) is 112 cm³/mol. The Labute approximate surface area is 171 Å². The maximum absolute atomic E-state index is 12.4. The predicted octanol–water partition coefficient (Wildman–Crippen LogP) is 3.48. The molecule has 0 atom stereocenters. The summed E-state index contributed by atoms with van der Waals surface area (Å²) in [5, 5.41) is 0. The van der Waals surface area contributed by atoms with Gasteiger partial charge >= 0.3 is 0 Å². The molecule has 7 nitrogen and oxygen atoms in total. The number of ketones is 1. The van der Waals surface area contributed by atoms with Crippen LogP contribution in [-0.2, 0) is 23.2 Å². The van der Waals surface area contributed by atoms with Crippen molar-refractivity contribution in [3.63, 3.8) is 0 Å². The summed E-state index contributed by atoms with van der Waals surface area (Å²) >= 11 is 0. The Hall–Kier alpha value is -2.71. The van der Waals surface area contributed by atoms with Gasteiger partial charge in [0.1, 0.15) is 18.2 Å². The summed E-state index contributed by atoms with van der Waals surface area (Å²) in [6.07, 6.45) is 0.889. The standard InChI is InChI=1S/C21H25N3O4S/c1-5-12-24-19-11-10-16(29(26,27)23(3)4)13-18(19)22-21(24)14-28-20-9-7-6-8-17(20)15(2)25/h6-11,13H,5,12,14H2,1-4H3. The zero-order valence-electron chi connectivity index (χ0n) is 17.0. The number of fused-ring (bicyclic) bond motifs is 1. The van der Waals surface area contributed by atoms with E-state index in [1.807, 2.05) is 10.6 Å². The van der Waals surface area contributed by atoms with Crippen LogP contribution in [0.15, 0.2) is 47.4 Å². The van der Waals surface area contributed by atoms with Crippen molar-refractivity contribution in [2.24, 2.45) is 0 Å². The van der Waals surface area contributed by atoms with Gasteiger partial charge in [0.2, 0.25) is 10.0 Å². The second-order valence-corrected chi connectivity index (χ2v) is 9.11. The zero-order chi connectivity index (χ0) is 21.2. The maximum atomic E-state index is 12.4. The number of hydrogen-bond donors (Lipinski definition) is 0. The van der Waals surface area contributed by atoms with E-state index in [-0.39, 0.29) is 17.3 Å². The topological polar surface area (TPSA) is 81.5 Å². The van der Waals surface area contributed by atoms with E-state index in [0.717, 1.165) is 18.5 Å². The van der Waals surface area contributed by atoms with Gasteiger partial charge < -0.3 is 9.30 Å². The number of aryl methyl sites for hydroxylation is 1. The number of rotatable bonds is 8. The largest absolute Gasteiger partial charge is 0.485 e. The van der Waals surface area contributed by atoms with Crippen molar-refractivity contribution in [1.82, 2.24) is 13.9 Å². The number of para-hydroxylation sites is 1. The maximum Gasteiger partial charge on any atom is 0.242 e. The average molecular weight is 416 g/mol. The fourth-order valence-electron chi connectivity index (χ4n) is 3.14. The van der Waals surface area contributed by atoms with Gasteiger partial charge in [-0.2, -0.15) is 0 Å². The summed E-state index contributed by atoms with van der Waals surface area (Å²) in [5.41, 5.74) is 1.97. The summed E-state index contributed by atoms with van der Waals surface area (Å²) < 4.78 is 34.0. The summed E-state index contributed by atoms with van der Waals surface area (Å²) in [6.45, 7) is 4.46. The molecule has 0 N–H and O–H groups in total. The quantitative estimate of drug-likeness (QED) is 0.526. The molecular formula is C21H25N3O4S. The van der Waals surface area contributed by atoms with Gasteiger partial charge in [0, 0.05) is 20.6 Å². The van der Waals surface area contributed by atoms with Gasteiger partial charge in [-0.15, -0.1) is 0 Å². The van der Waals surface area contributed by atoms with E-state index in [1.54, 1.807) is 36.4 Å². The monoisotopic (exact) mass is 415 g/mol. The number of carbonyl (C=O) groups is 1. The van der Waals surface area contributed by atoms with Crippen LogP contribution in [0.1, 0.15) is 36.5 Å². The van der Waals surface area contributed by atoms with Gasteiger partial charge in [0.15, 0.2) is 5.78 Å². The van der Waals surface area contributed by atoms with Crippen LogP contribution in [0.5, 0.6) is 5.75 Å². The molecule has 0 aliphatic carbocycles. The van der Waals surface area contributed by atoms with Crippen LogP contribution in [0.2, 0.25) is 0 Å². The molecule has 0 fully saturated rings. The van der Waals surface area contributed by atoms with Crippen molar-refractivity contribution in [3.05, 3.63) is 53.9 Å². The number of carbonyl (C=O) groups excluding carboxylic acids is 1. The fourth-order valence-corrected chi connectivity index (χ4v) is 4.06. The Morgan fingerprint density at radius 1 is 1.17 bits per heavy atom. The molecule has 0 bridgehead atoms. The van der Waals surface area contributed by atoms with Crippen molar-refractivity contribution in [1.29, 1.82) is 0 Å². The van der Waals surface area contributed by atoms with Crippen molar-refractivity contribution < 1.29 is 17.9 Å². The van der Waals surface area contributed by atoms with Gasteiger partial charge in [-0.25, -0.2) is 17.7 Å². The molecule has 154 valence electrons. The van der Waals surface area contributed by atoms with E-state index >= 15 is 0 Å². The molecule has 3 aromatic rings. The molecule has 1 aromatic heterocycles. The molecule has 0 amide bonds.